The van der Waals surface area contributed by atoms with Crippen molar-refractivity contribution in [1.82, 2.24) is 9.88 Å². The lowest BCUT2D eigenvalue weighted by atomic mass is 9.94. The van der Waals surface area contributed by atoms with Gasteiger partial charge < -0.3 is 9.80 Å². The molecule has 0 aliphatic carbocycles. The van der Waals surface area contributed by atoms with Crippen molar-refractivity contribution >= 4 is 17.5 Å². The molecule has 1 fully saturated rings. The number of pyridine rings is 1. The Bertz CT molecular complexity index is 813. The van der Waals surface area contributed by atoms with Gasteiger partial charge in [0.1, 0.15) is 0 Å². The highest BCUT2D eigenvalue weighted by Gasteiger charge is 2.36. The maximum atomic E-state index is 13.1. The predicted octanol–water partition coefficient (Wildman–Crippen LogP) is 2.91. The van der Waals surface area contributed by atoms with Crippen LogP contribution in [0.2, 0.25) is 0 Å². The molecule has 1 aromatic carbocycles. The van der Waals surface area contributed by atoms with E-state index in [1.54, 1.807) is 24.5 Å². The summed E-state index contributed by atoms with van der Waals surface area (Å²) in [7, 11) is 0. The molecule has 4 rings (SSSR count). The lowest BCUT2D eigenvalue weighted by molar-refractivity contribution is -0.124. The number of para-hydroxylation sites is 1. The number of rotatable bonds is 2. The molecule has 134 valence electrons. The van der Waals surface area contributed by atoms with Gasteiger partial charge in [-0.15, -0.1) is 0 Å². The van der Waals surface area contributed by atoms with E-state index in [0.29, 0.717) is 18.7 Å². The van der Waals surface area contributed by atoms with Crippen LogP contribution >= 0.6 is 0 Å². The van der Waals surface area contributed by atoms with E-state index in [0.717, 1.165) is 24.9 Å². The van der Waals surface area contributed by atoms with Crippen molar-refractivity contribution in [1.29, 1.82) is 0 Å². The molecular weight excluding hydrogens is 326 g/mol. The molecular formula is C21H23N3O2. The summed E-state index contributed by atoms with van der Waals surface area (Å²) in [5, 5.41) is 0. The van der Waals surface area contributed by atoms with Crippen molar-refractivity contribution in [3.63, 3.8) is 0 Å². The first-order valence-electron chi connectivity index (χ1n) is 9.25. The van der Waals surface area contributed by atoms with Crippen molar-refractivity contribution in [2.45, 2.75) is 32.2 Å². The molecule has 1 aromatic heterocycles. The van der Waals surface area contributed by atoms with Gasteiger partial charge in [0.2, 0.25) is 5.91 Å². The molecule has 26 heavy (non-hydrogen) atoms. The van der Waals surface area contributed by atoms with E-state index in [9.17, 15) is 9.59 Å². The van der Waals surface area contributed by atoms with Crippen LogP contribution in [-0.2, 0) is 11.2 Å². The van der Waals surface area contributed by atoms with Crippen LogP contribution < -0.4 is 4.90 Å². The molecule has 0 bridgehead atoms. The molecule has 0 radical (unpaired) electrons. The molecule has 1 saturated heterocycles. The third kappa shape index (κ3) is 2.98. The Morgan fingerprint density at radius 1 is 1.08 bits per heavy atom. The highest BCUT2D eigenvalue weighted by atomic mass is 16.2. The standard InChI is InChI=1S/C21H23N3O2/c1-15-13-17-5-2-3-7-19(17)24(15)21(26)16-8-11-23(12-9-16)20(25)18-6-4-10-22-14-18/h2-7,10,14-16H,8-9,11-13H2,1H3/t15-/m1/s1. The zero-order chi connectivity index (χ0) is 18.1. The summed E-state index contributed by atoms with van der Waals surface area (Å²) in [4.78, 5) is 33.5. The zero-order valence-corrected chi connectivity index (χ0v) is 15.0. The Kier molecular flexibility index (Phi) is 4.45. The fourth-order valence-corrected chi connectivity index (χ4v) is 4.10. The molecule has 5 heteroatoms. The molecule has 1 atom stereocenters. The zero-order valence-electron chi connectivity index (χ0n) is 15.0. The number of hydrogen-bond donors (Lipinski definition) is 0. The minimum Gasteiger partial charge on any atom is -0.339 e. The van der Waals surface area contributed by atoms with Crippen molar-refractivity contribution in [3.05, 3.63) is 59.9 Å². The molecule has 0 N–H and O–H groups in total. The van der Waals surface area contributed by atoms with E-state index >= 15 is 0 Å². The van der Waals surface area contributed by atoms with Crippen molar-refractivity contribution in [2.75, 3.05) is 18.0 Å². The smallest absolute Gasteiger partial charge is 0.255 e. The molecule has 0 unspecified atom stereocenters. The Morgan fingerprint density at radius 2 is 1.85 bits per heavy atom. The van der Waals surface area contributed by atoms with Gasteiger partial charge in [0.15, 0.2) is 0 Å². The van der Waals surface area contributed by atoms with Gasteiger partial charge >= 0.3 is 0 Å². The topological polar surface area (TPSA) is 53.5 Å². The van der Waals surface area contributed by atoms with Gasteiger partial charge in [-0.25, -0.2) is 0 Å². The molecule has 5 nitrogen and oxygen atoms in total. The lowest BCUT2D eigenvalue weighted by Gasteiger charge is -2.34. The molecule has 2 aliphatic heterocycles. The predicted molar refractivity (Wildman–Crippen MR) is 100.0 cm³/mol. The van der Waals surface area contributed by atoms with E-state index < -0.39 is 0 Å². The van der Waals surface area contributed by atoms with Gasteiger partial charge in [0.25, 0.3) is 5.91 Å². The normalized spacial score (nSPS) is 20.1. The highest BCUT2D eigenvalue weighted by Crippen LogP contribution is 2.34. The van der Waals surface area contributed by atoms with Crippen LogP contribution in [0.15, 0.2) is 48.8 Å². The second-order valence-electron chi connectivity index (χ2n) is 7.20. The van der Waals surface area contributed by atoms with Crippen LogP contribution in [0.5, 0.6) is 0 Å². The SMILES string of the molecule is C[C@@H]1Cc2ccccc2N1C(=O)C1CCN(C(=O)c2cccnc2)CC1. The summed E-state index contributed by atoms with van der Waals surface area (Å²) >= 11 is 0. The van der Waals surface area contributed by atoms with Gasteiger partial charge in [-0.2, -0.15) is 0 Å². The highest BCUT2D eigenvalue weighted by molar-refractivity contribution is 5.98. The number of benzene rings is 1. The molecule has 2 amide bonds. The number of carbonyl (C=O) groups is 2. The summed E-state index contributed by atoms with van der Waals surface area (Å²) < 4.78 is 0. The number of anilines is 1. The Labute approximate surface area is 153 Å². The second-order valence-corrected chi connectivity index (χ2v) is 7.20. The van der Waals surface area contributed by atoms with Crippen molar-refractivity contribution in [2.24, 2.45) is 5.92 Å². The van der Waals surface area contributed by atoms with E-state index in [1.807, 2.05) is 28.0 Å². The fraction of sp³-hybridized carbons (Fsp3) is 0.381. The van der Waals surface area contributed by atoms with Gasteiger partial charge in [0, 0.05) is 43.1 Å². The van der Waals surface area contributed by atoms with Crippen LogP contribution in [0.4, 0.5) is 5.69 Å². The monoisotopic (exact) mass is 349 g/mol. The molecule has 2 aliphatic rings. The average Bonchev–Trinajstić information content (AvgIpc) is 3.03. The third-order valence-electron chi connectivity index (χ3n) is 5.48. The lowest BCUT2D eigenvalue weighted by Crippen LogP contribution is -2.46. The van der Waals surface area contributed by atoms with Gasteiger partial charge in [0.05, 0.1) is 5.56 Å². The summed E-state index contributed by atoms with van der Waals surface area (Å²) in [6.07, 6.45) is 5.62. The van der Waals surface area contributed by atoms with Gasteiger partial charge in [-0.05, 0) is 49.9 Å². The second kappa shape index (κ2) is 6.90. The quantitative estimate of drug-likeness (QED) is 0.838. The van der Waals surface area contributed by atoms with Gasteiger partial charge in [-0.3, -0.25) is 14.6 Å². The summed E-state index contributed by atoms with van der Waals surface area (Å²) in [6.45, 7) is 3.35. The maximum absolute atomic E-state index is 13.1. The van der Waals surface area contributed by atoms with Crippen molar-refractivity contribution in [3.8, 4) is 0 Å². The minimum absolute atomic E-state index is 0.00360. The van der Waals surface area contributed by atoms with Crippen LogP contribution in [-0.4, -0.2) is 40.8 Å². The Morgan fingerprint density at radius 3 is 2.58 bits per heavy atom. The summed E-state index contributed by atoms with van der Waals surface area (Å²) in [5.41, 5.74) is 2.91. The number of hydrogen-bond acceptors (Lipinski definition) is 3. The first-order chi connectivity index (χ1) is 12.6. The maximum Gasteiger partial charge on any atom is 0.255 e. The molecule has 3 heterocycles. The first kappa shape index (κ1) is 16.8. The fourth-order valence-electron chi connectivity index (χ4n) is 4.10. The first-order valence-corrected chi connectivity index (χ1v) is 9.25. The molecule has 0 saturated carbocycles. The number of aromatic nitrogens is 1. The van der Waals surface area contributed by atoms with Crippen molar-refractivity contribution < 1.29 is 9.59 Å². The third-order valence-corrected chi connectivity index (χ3v) is 5.48. The number of amides is 2. The number of fused-ring (bicyclic) bond motifs is 1. The van der Waals surface area contributed by atoms with Crippen LogP contribution in [0, 0.1) is 5.92 Å². The Balaban J connectivity index is 1.42. The number of likely N-dealkylation sites (tertiary alicyclic amines) is 1. The van der Waals surface area contributed by atoms with E-state index in [4.69, 9.17) is 0 Å². The van der Waals surface area contributed by atoms with E-state index in [1.165, 1.54) is 5.56 Å². The van der Waals surface area contributed by atoms with Gasteiger partial charge in [-0.1, -0.05) is 18.2 Å². The number of piperidine rings is 1. The van der Waals surface area contributed by atoms with E-state index in [-0.39, 0.29) is 23.8 Å². The summed E-state index contributed by atoms with van der Waals surface area (Å²) in [6, 6.07) is 11.9. The van der Waals surface area contributed by atoms with Crippen LogP contribution in [0.3, 0.4) is 0 Å². The number of carbonyl (C=O) groups excluding carboxylic acids is 2. The minimum atomic E-state index is -0.0124. The average molecular weight is 349 g/mol. The van der Waals surface area contributed by atoms with E-state index in [2.05, 4.69) is 18.0 Å². The largest absolute Gasteiger partial charge is 0.339 e. The summed E-state index contributed by atoms with van der Waals surface area (Å²) in [5.74, 6) is 0.196. The Hall–Kier alpha value is -2.69. The van der Waals surface area contributed by atoms with Crippen LogP contribution in [0.1, 0.15) is 35.7 Å². The van der Waals surface area contributed by atoms with Crippen LogP contribution in [0.25, 0.3) is 0 Å². The molecule has 0 spiro atoms. The number of nitrogens with zero attached hydrogens (tertiary/aromatic N) is 3. The molecule has 2 aromatic rings.